The van der Waals surface area contributed by atoms with Crippen molar-refractivity contribution >= 4 is 6.02 Å². The van der Waals surface area contributed by atoms with Crippen molar-refractivity contribution < 1.29 is 19.7 Å². The first-order valence-electron chi connectivity index (χ1n) is 7.47. The summed E-state index contributed by atoms with van der Waals surface area (Å²) in [5.41, 5.74) is 1.07. The first-order chi connectivity index (χ1) is 10.6. The zero-order valence-electron chi connectivity index (χ0n) is 12.8. The van der Waals surface area contributed by atoms with E-state index in [4.69, 9.17) is 9.47 Å². The van der Waals surface area contributed by atoms with Crippen molar-refractivity contribution in [3.05, 3.63) is 35.9 Å². The zero-order chi connectivity index (χ0) is 15.7. The molecule has 5 atom stereocenters. The van der Waals surface area contributed by atoms with E-state index in [1.54, 1.807) is 4.90 Å². The summed E-state index contributed by atoms with van der Waals surface area (Å²) in [7, 11) is 3.67. The molecule has 6 nitrogen and oxygen atoms in total. The molecule has 0 bridgehead atoms. The quantitative estimate of drug-likeness (QED) is 0.833. The fourth-order valence-corrected chi connectivity index (χ4v) is 2.99. The number of fused-ring (bicyclic) bond motifs is 1. The standard InChI is InChI=1S/C16H22N2O4/c1-18(2)16-17-12-14(20)13(19)11(15(12)22-16)9-21-8-10-6-4-3-5-7-10/h3-7,11-15,19-20H,8-9H2,1-2H3/t11?,12-,13?,14?,15+/m1/s1. The average molecular weight is 306 g/mol. The minimum absolute atomic E-state index is 0.287. The van der Waals surface area contributed by atoms with E-state index in [9.17, 15) is 10.2 Å². The van der Waals surface area contributed by atoms with Crippen molar-refractivity contribution in [3.8, 4) is 0 Å². The van der Waals surface area contributed by atoms with Gasteiger partial charge in [0.1, 0.15) is 18.2 Å². The van der Waals surface area contributed by atoms with Gasteiger partial charge in [-0.1, -0.05) is 30.3 Å². The minimum Gasteiger partial charge on any atom is -0.459 e. The number of hydrogen-bond donors (Lipinski definition) is 2. The lowest BCUT2D eigenvalue weighted by Gasteiger charge is -2.22. The number of benzene rings is 1. The highest BCUT2D eigenvalue weighted by Crippen LogP contribution is 2.36. The minimum atomic E-state index is -0.909. The Morgan fingerprint density at radius 2 is 1.91 bits per heavy atom. The van der Waals surface area contributed by atoms with Crippen molar-refractivity contribution in [3.63, 3.8) is 0 Å². The van der Waals surface area contributed by atoms with Gasteiger partial charge in [0.05, 0.1) is 25.2 Å². The second-order valence-electron chi connectivity index (χ2n) is 6.02. The number of ether oxygens (including phenoxy) is 2. The normalized spacial score (nSPS) is 33.3. The summed E-state index contributed by atoms with van der Waals surface area (Å²) in [5, 5.41) is 20.3. The van der Waals surface area contributed by atoms with Gasteiger partial charge < -0.3 is 24.6 Å². The monoisotopic (exact) mass is 306 g/mol. The lowest BCUT2D eigenvalue weighted by Crippen LogP contribution is -2.34. The molecule has 1 aromatic carbocycles. The van der Waals surface area contributed by atoms with Crippen LogP contribution in [0.25, 0.3) is 0 Å². The molecule has 1 aliphatic carbocycles. The number of nitrogens with zero attached hydrogens (tertiary/aromatic N) is 2. The summed E-state index contributed by atoms with van der Waals surface area (Å²) in [6.45, 7) is 0.795. The largest absolute Gasteiger partial charge is 0.459 e. The Morgan fingerprint density at radius 1 is 1.18 bits per heavy atom. The molecular formula is C16H22N2O4. The van der Waals surface area contributed by atoms with Crippen LogP contribution in [-0.2, 0) is 16.1 Å². The van der Waals surface area contributed by atoms with E-state index in [1.165, 1.54) is 0 Å². The molecule has 22 heavy (non-hydrogen) atoms. The Bertz CT molecular complexity index is 534. The molecular weight excluding hydrogens is 284 g/mol. The molecule has 0 aromatic heterocycles. The van der Waals surface area contributed by atoms with Crippen molar-refractivity contribution in [2.45, 2.75) is 31.0 Å². The van der Waals surface area contributed by atoms with Crippen molar-refractivity contribution in [2.75, 3.05) is 20.7 Å². The zero-order valence-corrected chi connectivity index (χ0v) is 12.8. The molecule has 1 aliphatic heterocycles. The van der Waals surface area contributed by atoms with Gasteiger partial charge >= 0.3 is 0 Å². The lowest BCUT2D eigenvalue weighted by atomic mass is 10.0. The number of aliphatic imine (C=N–C) groups is 1. The third-order valence-electron chi connectivity index (χ3n) is 4.20. The fourth-order valence-electron chi connectivity index (χ4n) is 2.99. The van der Waals surface area contributed by atoms with Crippen LogP contribution in [0.5, 0.6) is 0 Å². The van der Waals surface area contributed by atoms with Crippen molar-refractivity contribution in [2.24, 2.45) is 10.9 Å². The highest BCUT2D eigenvalue weighted by Gasteiger charge is 2.54. The van der Waals surface area contributed by atoms with Gasteiger partial charge in [0.15, 0.2) is 0 Å². The van der Waals surface area contributed by atoms with Crippen LogP contribution >= 0.6 is 0 Å². The first-order valence-corrected chi connectivity index (χ1v) is 7.47. The summed E-state index contributed by atoms with van der Waals surface area (Å²) in [6.07, 6.45) is -2.12. The third-order valence-corrected chi connectivity index (χ3v) is 4.20. The SMILES string of the molecule is CN(C)C1=N[C@@H]2C(O)C(O)C(COCc3ccccc3)[C@@H]2O1. The maximum absolute atomic E-state index is 10.2. The van der Waals surface area contributed by atoms with Gasteiger partial charge in [0.2, 0.25) is 0 Å². The summed E-state index contributed by atoms with van der Waals surface area (Å²) in [5.74, 6) is -0.287. The van der Waals surface area contributed by atoms with Crippen molar-refractivity contribution in [1.82, 2.24) is 4.90 Å². The summed E-state index contributed by atoms with van der Waals surface area (Å²) >= 11 is 0. The van der Waals surface area contributed by atoms with Gasteiger partial charge in [0, 0.05) is 14.1 Å². The molecule has 2 aliphatic rings. The molecule has 1 aromatic rings. The molecule has 2 N–H and O–H groups in total. The predicted octanol–water partition coefficient (Wildman–Crippen LogP) is 0.240. The molecule has 0 saturated heterocycles. The van der Waals surface area contributed by atoms with Gasteiger partial charge in [-0.15, -0.1) is 0 Å². The van der Waals surface area contributed by atoms with Gasteiger partial charge in [-0.2, -0.15) is 0 Å². The van der Waals surface area contributed by atoms with E-state index in [0.29, 0.717) is 19.2 Å². The third kappa shape index (κ3) is 2.82. The number of aliphatic hydroxyl groups excluding tert-OH is 2. The van der Waals surface area contributed by atoms with Gasteiger partial charge in [0.25, 0.3) is 6.02 Å². The van der Waals surface area contributed by atoms with E-state index in [1.807, 2.05) is 44.4 Å². The Kier molecular flexibility index (Phi) is 4.33. The van der Waals surface area contributed by atoms with Crippen LogP contribution in [0.3, 0.4) is 0 Å². The Hall–Kier alpha value is -1.63. The van der Waals surface area contributed by atoms with Crippen LogP contribution in [0, 0.1) is 5.92 Å². The fraction of sp³-hybridized carbons (Fsp3) is 0.562. The number of amidine groups is 1. The Labute approximate surface area is 130 Å². The maximum Gasteiger partial charge on any atom is 0.287 e. The average Bonchev–Trinajstić information content (AvgIpc) is 3.04. The molecule has 3 unspecified atom stereocenters. The van der Waals surface area contributed by atoms with Crippen LogP contribution in [0.2, 0.25) is 0 Å². The van der Waals surface area contributed by atoms with Crippen LogP contribution in [0.4, 0.5) is 0 Å². The molecule has 6 heteroatoms. The molecule has 120 valence electrons. The molecule has 1 heterocycles. The van der Waals surface area contributed by atoms with Crippen LogP contribution in [0.15, 0.2) is 35.3 Å². The van der Waals surface area contributed by atoms with Gasteiger partial charge in [-0.3, -0.25) is 0 Å². The molecule has 1 fully saturated rings. The maximum atomic E-state index is 10.2. The van der Waals surface area contributed by atoms with E-state index in [-0.39, 0.29) is 12.0 Å². The Morgan fingerprint density at radius 3 is 2.59 bits per heavy atom. The highest BCUT2D eigenvalue weighted by atomic mass is 16.5. The number of rotatable bonds is 4. The summed E-state index contributed by atoms with van der Waals surface area (Å²) in [6, 6.07) is 9.93. The van der Waals surface area contributed by atoms with E-state index >= 15 is 0 Å². The lowest BCUT2D eigenvalue weighted by molar-refractivity contribution is -0.0291. The topological polar surface area (TPSA) is 74.5 Å². The van der Waals surface area contributed by atoms with Crippen LogP contribution < -0.4 is 0 Å². The smallest absolute Gasteiger partial charge is 0.287 e. The van der Waals surface area contributed by atoms with Gasteiger partial charge in [-0.25, -0.2) is 4.99 Å². The van der Waals surface area contributed by atoms with Gasteiger partial charge in [-0.05, 0) is 5.56 Å². The van der Waals surface area contributed by atoms with E-state index in [0.717, 1.165) is 5.56 Å². The van der Waals surface area contributed by atoms with Crippen molar-refractivity contribution in [1.29, 1.82) is 0 Å². The molecule has 3 rings (SSSR count). The van der Waals surface area contributed by atoms with E-state index in [2.05, 4.69) is 4.99 Å². The van der Waals surface area contributed by atoms with Crippen LogP contribution in [-0.4, -0.2) is 66.2 Å². The molecule has 1 saturated carbocycles. The second kappa shape index (κ2) is 6.24. The summed E-state index contributed by atoms with van der Waals surface area (Å²) < 4.78 is 11.5. The predicted molar refractivity (Wildman–Crippen MR) is 81.4 cm³/mol. The van der Waals surface area contributed by atoms with E-state index < -0.39 is 18.2 Å². The number of hydrogen-bond acceptors (Lipinski definition) is 6. The summed E-state index contributed by atoms with van der Waals surface area (Å²) in [4.78, 5) is 6.12. The second-order valence-corrected chi connectivity index (χ2v) is 6.02. The molecule has 0 spiro atoms. The molecule has 0 radical (unpaired) electrons. The molecule has 0 amide bonds. The number of aliphatic hydroxyl groups is 2. The Balaban J connectivity index is 1.60. The highest BCUT2D eigenvalue weighted by molar-refractivity contribution is 5.75. The van der Waals surface area contributed by atoms with Crippen LogP contribution in [0.1, 0.15) is 5.56 Å². The first kappa shape index (κ1) is 15.3.